The maximum atomic E-state index is 12.5. The van der Waals surface area contributed by atoms with E-state index in [1.54, 1.807) is 6.07 Å². The summed E-state index contributed by atoms with van der Waals surface area (Å²) in [5.74, 6) is -0.402. The average Bonchev–Trinajstić information content (AvgIpc) is 2.57. The van der Waals surface area contributed by atoms with E-state index < -0.39 is 17.4 Å². The number of ether oxygens (including phenoxy) is 1. The molecule has 0 aliphatic carbocycles. The molecule has 2 amide bonds. The van der Waals surface area contributed by atoms with Crippen LogP contribution < -0.4 is 15.4 Å². The van der Waals surface area contributed by atoms with E-state index in [1.807, 2.05) is 49.4 Å². The first-order valence-corrected chi connectivity index (χ1v) is 7.92. The summed E-state index contributed by atoms with van der Waals surface area (Å²) in [6.45, 7) is 3.86. The Balaban J connectivity index is 1.67. The lowest BCUT2D eigenvalue weighted by atomic mass is 10.0. The maximum absolute atomic E-state index is 12.5. The molecule has 2 aromatic carbocycles. The molecule has 0 radical (unpaired) electrons. The highest BCUT2D eigenvalue weighted by Crippen LogP contribution is 2.34. The largest absolute Gasteiger partial charge is 0.466 e. The second-order valence-electron chi connectivity index (χ2n) is 6.08. The van der Waals surface area contributed by atoms with E-state index in [-0.39, 0.29) is 0 Å². The van der Waals surface area contributed by atoms with Crippen molar-refractivity contribution in [1.82, 2.24) is 5.32 Å². The molecule has 0 saturated carbocycles. The standard InChI is InChI=1S/C19H20N2O3/c1-13-8-9-16-15(12-13)21-18(23)19(2,24-16)17(22)20-11-10-14-6-4-3-5-7-14/h3-9,12H,10-11H2,1-2H3,(H,20,22)(H,21,23)/t19-/m0/s1. The van der Waals surface area contributed by atoms with Crippen LogP contribution in [0, 0.1) is 6.92 Å². The summed E-state index contributed by atoms with van der Waals surface area (Å²) in [5, 5.41) is 5.54. The van der Waals surface area contributed by atoms with Crippen LogP contribution in [0.15, 0.2) is 48.5 Å². The molecule has 1 aliphatic rings. The summed E-state index contributed by atoms with van der Waals surface area (Å²) in [6, 6.07) is 15.3. The van der Waals surface area contributed by atoms with E-state index in [4.69, 9.17) is 4.74 Å². The van der Waals surface area contributed by atoms with Crippen molar-refractivity contribution in [3.63, 3.8) is 0 Å². The van der Waals surface area contributed by atoms with Gasteiger partial charge in [-0.1, -0.05) is 36.4 Å². The topological polar surface area (TPSA) is 67.4 Å². The molecule has 0 fully saturated rings. The minimum absolute atomic E-state index is 0.440. The number of carbonyl (C=O) groups excluding carboxylic acids is 2. The number of hydrogen-bond donors (Lipinski definition) is 2. The second kappa shape index (κ2) is 6.35. The first kappa shape index (κ1) is 16.1. The highest BCUT2D eigenvalue weighted by molar-refractivity contribution is 6.15. The van der Waals surface area contributed by atoms with Crippen LogP contribution >= 0.6 is 0 Å². The third-order valence-corrected chi connectivity index (χ3v) is 4.11. The molecular formula is C19H20N2O3. The Morgan fingerprint density at radius 2 is 1.96 bits per heavy atom. The van der Waals surface area contributed by atoms with Gasteiger partial charge in [0.25, 0.3) is 17.4 Å². The normalized spacial score (nSPS) is 19.0. The van der Waals surface area contributed by atoms with Gasteiger partial charge in [0.2, 0.25) is 0 Å². The van der Waals surface area contributed by atoms with E-state index >= 15 is 0 Å². The van der Waals surface area contributed by atoms with Crippen molar-refractivity contribution in [3.8, 4) is 5.75 Å². The third kappa shape index (κ3) is 3.11. The monoisotopic (exact) mass is 324 g/mol. The summed E-state index contributed by atoms with van der Waals surface area (Å²) >= 11 is 0. The van der Waals surface area contributed by atoms with Crippen LogP contribution in [0.4, 0.5) is 5.69 Å². The number of amides is 2. The van der Waals surface area contributed by atoms with Crippen molar-refractivity contribution in [3.05, 3.63) is 59.7 Å². The number of nitrogens with one attached hydrogen (secondary N) is 2. The Labute approximate surface area is 141 Å². The van der Waals surface area contributed by atoms with Crippen LogP contribution in [0.5, 0.6) is 5.75 Å². The predicted molar refractivity (Wildman–Crippen MR) is 92.0 cm³/mol. The zero-order valence-electron chi connectivity index (χ0n) is 13.8. The molecule has 24 heavy (non-hydrogen) atoms. The fraction of sp³-hybridized carbons (Fsp3) is 0.263. The minimum atomic E-state index is -1.57. The number of benzene rings is 2. The molecule has 0 bridgehead atoms. The van der Waals surface area contributed by atoms with E-state index in [9.17, 15) is 9.59 Å². The zero-order chi connectivity index (χ0) is 17.2. The van der Waals surface area contributed by atoms with E-state index in [1.165, 1.54) is 6.92 Å². The number of anilines is 1. The zero-order valence-corrected chi connectivity index (χ0v) is 13.8. The van der Waals surface area contributed by atoms with Crippen LogP contribution in [0.2, 0.25) is 0 Å². The smallest absolute Gasteiger partial charge is 0.278 e. The van der Waals surface area contributed by atoms with Gasteiger partial charge in [-0.3, -0.25) is 9.59 Å². The molecule has 1 heterocycles. The van der Waals surface area contributed by atoms with Gasteiger partial charge in [0.15, 0.2) is 0 Å². The first-order valence-electron chi connectivity index (χ1n) is 7.92. The maximum Gasteiger partial charge on any atom is 0.278 e. The van der Waals surface area contributed by atoms with E-state index in [2.05, 4.69) is 10.6 Å². The Kier molecular flexibility index (Phi) is 4.25. The van der Waals surface area contributed by atoms with Gasteiger partial charge < -0.3 is 15.4 Å². The molecule has 3 rings (SSSR count). The Morgan fingerprint density at radius 3 is 2.71 bits per heavy atom. The van der Waals surface area contributed by atoms with Crippen molar-refractivity contribution >= 4 is 17.5 Å². The third-order valence-electron chi connectivity index (χ3n) is 4.11. The molecule has 0 spiro atoms. The summed E-state index contributed by atoms with van der Waals surface area (Å²) in [5.41, 5.74) is 1.15. The number of aryl methyl sites for hydroxylation is 1. The van der Waals surface area contributed by atoms with Crippen molar-refractivity contribution in [1.29, 1.82) is 0 Å². The minimum Gasteiger partial charge on any atom is -0.466 e. The van der Waals surface area contributed by atoms with Crippen molar-refractivity contribution in [2.45, 2.75) is 25.9 Å². The van der Waals surface area contributed by atoms with Gasteiger partial charge in [0.05, 0.1) is 5.69 Å². The van der Waals surface area contributed by atoms with Crippen molar-refractivity contribution < 1.29 is 14.3 Å². The SMILES string of the molecule is Cc1ccc2c(c1)NC(=O)[C@](C)(C(=O)NCCc1ccccc1)O2. The molecule has 1 aliphatic heterocycles. The molecule has 0 saturated heterocycles. The van der Waals surface area contributed by atoms with Crippen molar-refractivity contribution in [2.75, 3.05) is 11.9 Å². The first-order chi connectivity index (χ1) is 11.5. The molecule has 0 aromatic heterocycles. The van der Waals surface area contributed by atoms with Gasteiger partial charge >= 0.3 is 0 Å². The van der Waals surface area contributed by atoms with Gasteiger partial charge in [-0.2, -0.15) is 0 Å². The quantitative estimate of drug-likeness (QED) is 0.849. The summed E-state index contributed by atoms with van der Waals surface area (Å²) < 4.78 is 5.73. The number of rotatable bonds is 4. The van der Waals surface area contributed by atoms with E-state index in [0.717, 1.165) is 11.1 Å². The highest BCUT2D eigenvalue weighted by Gasteiger charge is 2.47. The molecule has 124 valence electrons. The summed E-state index contributed by atoms with van der Waals surface area (Å²) in [6.07, 6.45) is 0.695. The fourth-order valence-corrected chi connectivity index (χ4v) is 2.62. The molecular weight excluding hydrogens is 304 g/mol. The molecule has 2 N–H and O–H groups in total. The lowest BCUT2D eigenvalue weighted by Gasteiger charge is -2.33. The van der Waals surface area contributed by atoms with Crippen LogP contribution in [0.3, 0.4) is 0 Å². The second-order valence-corrected chi connectivity index (χ2v) is 6.08. The molecule has 5 nitrogen and oxygen atoms in total. The molecule has 2 aromatic rings. The number of fused-ring (bicyclic) bond motifs is 1. The Hall–Kier alpha value is -2.82. The highest BCUT2D eigenvalue weighted by atomic mass is 16.5. The van der Waals surface area contributed by atoms with Gasteiger partial charge in [-0.25, -0.2) is 0 Å². The number of hydrogen-bond acceptors (Lipinski definition) is 3. The van der Waals surface area contributed by atoms with Crippen LogP contribution in [0.1, 0.15) is 18.1 Å². The number of carbonyl (C=O) groups is 2. The Bertz CT molecular complexity index is 773. The predicted octanol–water partition coefficient (Wildman–Crippen LogP) is 2.44. The van der Waals surface area contributed by atoms with Crippen molar-refractivity contribution in [2.24, 2.45) is 0 Å². The summed E-state index contributed by atoms with van der Waals surface area (Å²) in [4.78, 5) is 24.9. The molecule has 1 atom stereocenters. The van der Waals surface area contributed by atoms with Gasteiger partial charge in [-0.05, 0) is 43.5 Å². The van der Waals surface area contributed by atoms with Gasteiger partial charge in [0.1, 0.15) is 5.75 Å². The van der Waals surface area contributed by atoms with Crippen LogP contribution in [-0.4, -0.2) is 24.0 Å². The molecule has 0 unspecified atom stereocenters. The van der Waals surface area contributed by atoms with Crippen LogP contribution in [0.25, 0.3) is 0 Å². The fourth-order valence-electron chi connectivity index (χ4n) is 2.62. The lowest BCUT2D eigenvalue weighted by Crippen LogP contribution is -2.58. The lowest BCUT2D eigenvalue weighted by molar-refractivity contribution is -0.146. The molecule has 5 heteroatoms. The van der Waals surface area contributed by atoms with Gasteiger partial charge in [0, 0.05) is 6.54 Å². The Morgan fingerprint density at radius 1 is 1.21 bits per heavy atom. The van der Waals surface area contributed by atoms with E-state index in [0.29, 0.717) is 24.4 Å². The average molecular weight is 324 g/mol. The summed E-state index contributed by atoms with van der Waals surface area (Å²) in [7, 11) is 0. The van der Waals surface area contributed by atoms with Gasteiger partial charge in [-0.15, -0.1) is 0 Å². The van der Waals surface area contributed by atoms with Crippen LogP contribution in [-0.2, 0) is 16.0 Å².